The minimum Gasteiger partial charge on any atom is -0.497 e. The molecule has 1 aliphatic heterocycles. The zero-order valence-electron chi connectivity index (χ0n) is 27.4. The van der Waals surface area contributed by atoms with Crippen molar-refractivity contribution in [2.75, 3.05) is 13.7 Å². The largest absolute Gasteiger partial charge is 0.497 e. The lowest BCUT2D eigenvalue weighted by Gasteiger charge is -2.58. The van der Waals surface area contributed by atoms with Gasteiger partial charge in [0.2, 0.25) is 0 Å². The van der Waals surface area contributed by atoms with Gasteiger partial charge in [0.25, 0.3) is 5.91 Å². The Morgan fingerprint density at radius 1 is 0.915 bits per heavy atom. The van der Waals surface area contributed by atoms with Crippen molar-refractivity contribution in [3.05, 3.63) is 89.6 Å². The lowest BCUT2D eigenvalue weighted by atomic mass is 9.46. The molecule has 0 aromatic heterocycles. The molecule has 0 radical (unpaired) electrons. The molecule has 0 unspecified atom stereocenters. The first-order valence-electron chi connectivity index (χ1n) is 17.9. The molecule has 6 heteroatoms. The Morgan fingerprint density at radius 2 is 1.68 bits per heavy atom. The van der Waals surface area contributed by atoms with Crippen molar-refractivity contribution in [3.8, 4) is 5.75 Å². The van der Waals surface area contributed by atoms with Gasteiger partial charge in [-0.05, 0) is 84.6 Å². The number of methoxy groups -OCH3 is 1. The number of allylic oxidation sites excluding steroid dienone is 4. The number of benzene rings is 2. The third-order valence-corrected chi connectivity index (χ3v) is 14.6. The van der Waals surface area contributed by atoms with Gasteiger partial charge in [-0.2, -0.15) is 0 Å². The predicted octanol–water partition coefficient (Wildman–Crippen LogP) is 6.54. The molecule has 1 N–H and O–H groups in total. The van der Waals surface area contributed by atoms with Crippen molar-refractivity contribution in [3.63, 3.8) is 0 Å². The van der Waals surface area contributed by atoms with E-state index in [0.29, 0.717) is 18.5 Å². The normalized spacial score (nSPS) is 42.9. The van der Waals surface area contributed by atoms with Crippen molar-refractivity contribution in [1.29, 1.82) is 0 Å². The second-order valence-electron chi connectivity index (χ2n) is 15.9. The molecule has 5 fully saturated rings. The van der Waals surface area contributed by atoms with E-state index in [-0.39, 0.29) is 70.2 Å². The summed E-state index contributed by atoms with van der Waals surface area (Å²) in [5.41, 5.74) is 1.89. The molecule has 1 saturated heterocycles. The molecule has 2 aromatic rings. The molecule has 11 atom stereocenters. The number of carbonyl (C=O) groups excluding carboxylic acids is 3. The minimum absolute atomic E-state index is 0.00522. The van der Waals surface area contributed by atoms with E-state index in [1.54, 1.807) is 7.11 Å². The molecular weight excluding hydrogens is 586 g/mol. The number of rotatable bonds is 3. The molecule has 1 amide bonds. The number of ketones is 2. The average Bonchev–Trinajstić information content (AvgIpc) is 3.50. The topological polar surface area (TPSA) is 83.9 Å². The smallest absolute Gasteiger partial charge is 0.258 e. The van der Waals surface area contributed by atoms with Gasteiger partial charge in [0.05, 0.1) is 13.2 Å². The molecular formula is C41H45NO5. The van der Waals surface area contributed by atoms with Crippen LogP contribution in [0, 0.1) is 52.3 Å². The molecule has 6 aliphatic carbocycles. The maximum atomic E-state index is 14.6. The number of aliphatic hydroxyl groups is 1. The third-order valence-electron chi connectivity index (χ3n) is 14.6. The molecule has 9 rings (SSSR count). The molecule has 1 heterocycles. The van der Waals surface area contributed by atoms with Crippen LogP contribution < -0.4 is 4.74 Å². The number of aliphatic hydroxyl groups excluding tert-OH is 1. The first-order chi connectivity index (χ1) is 22.8. The highest BCUT2D eigenvalue weighted by Gasteiger charge is 2.80. The van der Waals surface area contributed by atoms with Gasteiger partial charge < -0.3 is 14.7 Å². The number of hydrogen-bond donors (Lipinski definition) is 1. The maximum absolute atomic E-state index is 14.6. The van der Waals surface area contributed by atoms with E-state index in [1.807, 2.05) is 47.4 Å². The van der Waals surface area contributed by atoms with Crippen molar-refractivity contribution in [2.24, 2.45) is 52.3 Å². The lowest BCUT2D eigenvalue weighted by Crippen LogP contribution is -2.63. The number of likely N-dealkylation sites (tertiary alicyclic amines) is 1. The summed E-state index contributed by atoms with van der Waals surface area (Å²) in [4.78, 5) is 45.0. The molecule has 244 valence electrons. The quantitative estimate of drug-likeness (QED) is 0.389. The summed E-state index contributed by atoms with van der Waals surface area (Å²) in [6.45, 7) is 3.06. The SMILES string of the molecule is COc1ccc([C@]23C=C[C@@]4(CCCC[C@]24C)[C@H]2[C@@H]4[C@H](O)[C@@H]5[C@@H](CC=C6[C@@H]5CCCN6C(=O)c5ccccc5)C(=O)[C@@H]4CC(=O)[C@H]23)cc1. The zero-order valence-corrected chi connectivity index (χ0v) is 27.4. The molecule has 4 saturated carbocycles. The van der Waals surface area contributed by atoms with Gasteiger partial charge in [-0.25, -0.2) is 0 Å². The second kappa shape index (κ2) is 10.2. The van der Waals surface area contributed by atoms with Gasteiger partial charge in [-0.15, -0.1) is 0 Å². The Bertz CT molecular complexity index is 1710. The van der Waals surface area contributed by atoms with Crippen LogP contribution in [0.3, 0.4) is 0 Å². The van der Waals surface area contributed by atoms with Gasteiger partial charge in [-0.3, -0.25) is 14.4 Å². The summed E-state index contributed by atoms with van der Waals surface area (Å²) >= 11 is 0. The number of fused-ring (bicyclic) bond motifs is 7. The third kappa shape index (κ3) is 3.58. The monoisotopic (exact) mass is 631 g/mol. The number of amides is 1. The number of ether oxygens (including phenoxy) is 1. The van der Waals surface area contributed by atoms with Crippen LogP contribution in [0.1, 0.15) is 74.2 Å². The standard InChI is InChI=1S/C41H45NO5/c1-39-18-6-7-19-40(39)20-21-41(39,25-12-14-26(47-2)15-13-25)34-31(43)23-29-33(35(34)40)37(45)32-27-11-8-22-42(30(27)17-16-28(32)36(29)44)38(46)24-9-4-3-5-10-24/h3-5,9-10,12-15,17,20-21,27-29,32-35,37,45H,6-8,11,16,18-19,22-23H2,1-2H3/t27-,28+,29+,32-,33+,34+,35-,37+,39-,40-,41-/m0/s1. The van der Waals surface area contributed by atoms with E-state index in [1.165, 1.54) is 0 Å². The van der Waals surface area contributed by atoms with Crippen LogP contribution in [0.5, 0.6) is 5.75 Å². The average molecular weight is 632 g/mol. The number of Topliss-reactive ketones (excluding diaryl/α,β-unsaturated/α-hetero) is 2. The Balaban J connectivity index is 1.14. The van der Waals surface area contributed by atoms with Gasteiger partial charge in [0, 0.05) is 59.2 Å². The molecule has 2 aromatic carbocycles. The number of carbonyl (C=O) groups is 3. The van der Waals surface area contributed by atoms with Crippen LogP contribution in [-0.4, -0.2) is 47.2 Å². The van der Waals surface area contributed by atoms with Crippen molar-refractivity contribution in [1.82, 2.24) is 4.90 Å². The number of nitrogens with zero attached hydrogens (tertiary/aromatic N) is 1. The summed E-state index contributed by atoms with van der Waals surface area (Å²) in [5, 5.41) is 12.8. The molecule has 2 bridgehead atoms. The fourth-order valence-corrected chi connectivity index (χ4v) is 12.9. The lowest BCUT2D eigenvalue weighted by molar-refractivity contribution is -0.170. The van der Waals surface area contributed by atoms with E-state index in [0.717, 1.165) is 55.5 Å². The number of piperidine rings is 1. The minimum atomic E-state index is -0.704. The summed E-state index contributed by atoms with van der Waals surface area (Å²) in [7, 11) is 1.68. The van der Waals surface area contributed by atoms with E-state index >= 15 is 0 Å². The molecule has 7 aliphatic rings. The zero-order chi connectivity index (χ0) is 32.3. The fraction of sp³-hybridized carbons (Fsp3) is 0.537. The molecule has 47 heavy (non-hydrogen) atoms. The Hall–Kier alpha value is -3.51. The summed E-state index contributed by atoms with van der Waals surface area (Å²) in [5.74, 6) is -0.504. The second-order valence-corrected chi connectivity index (χ2v) is 15.9. The summed E-state index contributed by atoms with van der Waals surface area (Å²) < 4.78 is 5.52. The van der Waals surface area contributed by atoms with Crippen molar-refractivity contribution in [2.45, 2.75) is 69.8 Å². The fourth-order valence-electron chi connectivity index (χ4n) is 12.9. The summed E-state index contributed by atoms with van der Waals surface area (Å²) in [6.07, 6.45) is 12.9. The first kappa shape index (κ1) is 29.6. The predicted molar refractivity (Wildman–Crippen MR) is 177 cm³/mol. The van der Waals surface area contributed by atoms with Crippen molar-refractivity contribution >= 4 is 17.5 Å². The maximum Gasteiger partial charge on any atom is 0.258 e. The van der Waals surface area contributed by atoms with Crippen LogP contribution in [-0.2, 0) is 15.0 Å². The highest BCUT2D eigenvalue weighted by Crippen LogP contribution is 2.81. The Morgan fingerprint density at radius 3 is 2.45 bits per heavy atom. The highest BCUT2D eigenvalue weighted by molar-refractivity contribution is 5.96. The molecule has 0 spiro atoms. The van der Waals surface area contributed by atoms with E-state index in [4.69, 9.17) is 4.74 Å². The van der Waals surface area contributed by atoms with Gasteiger partial charge in [0.1, 0.15) is 17.3 Å². The van der Waals surface area contributed by atoms with Crippen molar-refractivity contribution < 1.29 is 24.2 Å². The van der Waals surface area contributed by atoms with Gasteiger partial charge in [0.15, 0.2) is 0 Å². The van der Waals surface area contributed by atoms with Gasteiger partial charge >= 0.3 is 0 Å². The summed E-state index contributed by atoms with van der Waals surface area (Å²) in [6, 6.07) is 17.8. The van der Waals surface area contributed by atoms with Crippen LogP contribution in [0.25, 0.3) is 0 Å². The highest BCUT2D eigenvalue weighted by atomic mass is 16.5. The Labute approximate surface area is 277 Å². The van der Waals surface area contributed by atoms with Crippen LogP contribution in [0.15, 0.2) is 78.5 Å². The van der Waals surface area contributed by atoms with Crippen LogP contribution in [0.4, 0.5) is 0 Å². The first-order valence-corrected chi connectivity index (χ1v) is 17.9. The number of hydrogen-bond acceptors (Lipinski definition) is 5. The van der Waals surface area contributed by atoms with Gasteiger partial charge in [-0.1, -0.05) is 68.3 Å². The Kier molecular flexibility index (Phi) is 6.46. The van der Waals surface area contributed by atoms with E-state index in [2.05, 4.69) is 37.3 Å². The van der Waals surface area contributed by atoms with Crippen LogP contribution in [0.2, 0.25) is 0 Å². The van der Waals surface area contributed by atoms with E-state index < -0.39 is 17.4 Å². The molecule has 6 nitrogen and oxygen atoms in total. The van der Waals surface area contributed by atoms with Crippen LogP contribution >= 0.6 is 0 Å². The van der Waals surface area contributed by atoms with E-state index in [9.17, 15) is 19.5 Å².